The zero-order valence-electron chi connectivity index (χ0n) is 81.7. The molecule has 0 fully saturated rings. The van der Waals surface area contributed by atoms with Crippen LogP contribution in [0.5, 0.6) is 0 Å². The van der Waals surface area contributed by atoms with Crippen LogP contribution in [0, 0.1) is 0 Å². The number of para-hydroxylation sites is 3. The summed E-state index contributed by atoms with van der Waals surface area (Å²) in [6.07, 6.45) is 5.78. The molecule has 0 aliphatic heterocycles. The van der Waals surface area contributed by atoms with Crippen LogP contribution in [0.1, 0.15) is 0 Å². The first-order valence-electron chi connectivity index (χ1n) is 50.5. The molecule has 0 spiro atoms. The second-order valence-electron chi connectivity index (χ2n) is 37.5. The zero-order chi connectivity index (χ0) is 99.8. The van der Waals surface area contributed by atoms with Gasteiger partial charge in [0.2, 0.25) is 0 Å². The van der Waals surface area contributed by atoms with Crippen molar-refractivity contribution in [2.45, 2.75) is 0 Å². The van der Waals surface area contributed by atoms with Crippen molar-refractivity contribution in [3.05, 3.63) is 565 Å². The predicted octanol–water partition coefficient (Wildman–Crippen LogP) is 36.5. The van der Waals surface area contributed by atoms with Gasteiger partial charge in [-0.25, -0.2) is 29.9 Å². The van der Waals surface area contributed by atoms with E-state index in [1.807, 2.05) is 158 Å². The molecule has 27 rings (SSSR count). The maximum Gasteiger partial charge on any atom is 0.160 e. The number of hydrogen-bond acceptors (Lipinski definition) is 9. The summed E-state index contributed by atoms with van der Waals surface area (Å²) in [5.74, 6) is 2.12. The van der Waals surface area contributed by atoms with Crippen molar-refractivity contribution in [2.24, 2.45) is 0 Å². The van der Waals surface area contributed by atoms with Crippen molar-refractivity contribution in [3.8, 4) is 202 Å². The Kier molecular flexibility index (Phi) is 25.1. The van der Waals surface area contributed by atoms with E-state index in [0.717, 1.165) is 173 Å². The van der Waals surface area contributed by atoms with Crippen molar-refractivity contribution in [1.82, 2.24) is 44.9 Å². The molecule has 0 saturated heterocycles. The van der Waals surface area contributed by atoms with Gasteiger partial charge in [0.15, 0.2) is 17.5 Å². The van der Waals surface area contributed by atoms with Crippen LogP contribution in [-0.2, 0) is 0 Å². The largest absolute Gasteiger partial charge is 0.256 e. The lowest BCUT2D eigenvalue weighted by molar-refractivity contribution is 1.18. The van der Waals surface area contributed by atoms with Crippen molar-refractivity contribution < 1.29 is 0 Å². The van der Waals surface area contributed by atoms with Gasteiger partial charge in [-0.05, 0) is 201 Å². The molecule has 6 aromatic heterocycles. The highest BCUT2D eigenvalue weighted by atomic mass is 14.9. The number of fused-ring (bicyclic) bond motifs is 6. The molecule has 0 amide bonds. The number of benzene rings is 21. The summed E-state index contributed by atoms with van der Waals surface area (Å²) < 4.78 is 0. The molecule has 27 aromatic rings. The number of hydrogen-bond donors (Lipinski definition) is 0. The molecule has 6 heterocycles. The summed E-state index contributed by atoms with van der Waals surface area (Å²) in [7, 11) is 0. The van der Waals surface area contributed by atoms with E-state index in [1.165, 1.54) is 76.8 Å². The van der Waals surface area contributed by atoms with Gasteiger partial charge < -0.3 is 0 Å². The zero-order valence-corrected chi connectivity index (χ0v) is 81.7. The van der Waals surface area contributed by atoms with E-state index >= 15 is 0 Å². The van der Waals surface area contributed by atoms with Crippen LogP contribution >= 0.6 is 0 Å². The molecule has 0 bridgehead atoms. The molecule has 0 unspecified atom stereocenters. The van der Waals surface area contributed by atoms with Crippen molar-refractivity contribution in [1.29, 1.82) is 0 Å². The van der Waals surface area contributed by atoms with E-state index in [0.29, 0.717) is 17.5 Å². The van der Waals surface area contributed by atoms with Gasteiger partial charge in [0.1, 0.15) is 0 Å². The lowest BCUT2D eigenvalue weighted by Gasteiger charge is -2.14. The maximum atomic E-state index is 5.04. The van der Waals surface area contributed by atoms with Crippen LogP contribution in [-0.4, -0.2) is 44.9 Å². The van der Waals surface area contributed by atoms with Crippen LogP contribution in [0.4, 0.5) is 0 Å². The van der Waals surface area contributed by atoms with E-state index < -0.39 is 0 Å². The molecule has 21 aromatic carbocycles. The van der Waals surface area contributed by atoms with Gasteiger partial charge in [-0.15, -0.1) is 0 Å². The van der Waals surface area contributed by atoms with Crippen LogP contribution in [0.3, 0.4) is 0 Å². The van der Waals surface area contributed by atoms with Gasteiger partial charge in [-0.2, -0.15) is 0 Å². The van der Waals surface area contributed by atoms with E-state index in [9.17, 15) is 0 Å². The Labute approximate surface area is 870 Å². The highest BCUT2D eigenvalue weighted by molar-refractivity contribution is 6.02. The fourth-order valence-corrected chi connectivity index (χ4v) is 20.1. The number of nitrogens with zero attached hydrogens (tertiary/aromatic N) is 9. The second kappa shape index (κ2) is 41.3. The highest BCUT2D eigenvalue weighted by Gasteiger charge is 2.22. The Morgan fingerprint density at radius 1 is 0.113 bits per heavy atom. The standard InChI is InChI=1S/3C47H31N3/c1-3-11-35(12-4-1)44-31-45(36-13-5-2-6-14-36)50-47(49-44)38-26-24-34(25-27-38)43-30-40-16-8-7-15-39(40)29-42(43)33-22-20-32(21-23-33)41-19-9-17-37-18-10-28-48-46(37)41;1-3-11-35(12-4-1)45-30-46(50-47(49-45)37-13-5-2-6-14-37)36-25-23-34(24-26-36)43-29-39-16-8-7-15-38(39)28-42(43)33-21-19-32(20-22-33)41-27-40-17-9-10-18-44(40)48-31-41;1-3-11-35(12-4-1)45-30-46(36-13-5-2-6-14-36)50-47(49-45)37-25-23-34(24-26-37)43-29-39-16-8-7-15-38(39)28-42(43)33-21-19-32(20-22-33)41-27-40-17-9-10-18-44(40)48-31-41/h3*1-31H. The first-order chi connectivity index (χ1) is 74.3. The number of rotatable bonds is 18. The Morgan fingerprint density at radius 3 is 0.607 bits per heavy atom. The Bertz CT molecular complexity index is 9040. The molecule has 150 heavy (non-hydrogen) atoms. The average Bonchev–Trinajstić information content (AvgIpc) is 0.772. The molecule has 0 aliphatic rings. The van der Waals surface area contributed by atoms with Gasteiger partial charge in [0.05, 0.1) is 50.7 Å². The Morgan fingerprint density at radius 2 is 0.320 bits per heavy atom. The molecule has 9 nitrogen and oxygen atoms in total. The van der Waals surface area contributed by atoms with Crippen LogP contribution in [0.25, 0.3) is 267 Å². The summed E-state index contributed by atoms with van der Waals surface area (Å²) in [6, 6.07) is 192. The van der Waals surface area contributed by atoms with E-state index in [2.05, 4.69) is 421 Å². The molecule has 9 heteroatoms. The average molecular weight is 1910 g/mol. The third-order valence-corrected chi connectivity index (χ3v) is 28.0. The minimum absolute atomic E-state index is 0.703. The number of pyridine rings is 3. The minimum Gasteiger partial charge on any atom is -0.256 e. The first-order valence-corrected chi connectivity index (χ1v) is 50.5. The summed E-state index contributed by atoms with van der Waals surface area (Å²) in [6.45, 7) is 0. The van der Waals surface area contributed by atoms with Crippen LogP contribution in [0.2, 0.25) is 0 Å². The SMILES string of the molecule is c1ccc(-c2cc(-c3ccc(-c4cc5ccccc5cc4-c4ccc(-c5cnc6ccccc6c5)cc4)cc3)nc(-c3ccccc3)n2)cc1.c1ccc(-c2cc(-c3ccccc3)nc(-c3ccc(-c4cc5ccccc5cc4-c4ccc(-c5cccc6cccnc56)cc4)cc3)n2)cc1.c1ccc(-c2cc(-c3ccccc3)nc(-c3ccc(-c4cc5ccccc5cc4-c4ccc(-c5cnc6ccccc6c5)cc4)cc3)n2)cc1. The monoisotopic (exact) mass is 1910 g/mol. The fourth-order valence-electron chi connectivity index (χ4n) is 20.1. The molecular formula is C141H93N9. The van der Waals surface area contributed by atoms with Crippen molar-refractivity contribution in [2.75, 3.05) is 0 Å². The maximum absolute atomic E-state index is 5.04. The molecule has 0 aliphatic carbocycles. The quantitative estimate of drug-likeness (QED) is 0.0828. The highest BCUT2D eigenvalue weighted by Crippen LogP contribution is 2.45. The normalized spacial score (nSPS) is 11.2. The van der Waals surface area contributed by atoms with Gasteiger partial charge in [0, 0.05) is 102 Å². The third-order valence-electron chi connectivity index (χ3n) is 28.0. The molecule has 0 radical (unpaired) electrons. The minimum atomic E-state index is 0.703. The lowest BCUT2D eigenvalue weighted by atomic mass is 9.90. The molecule has 702 valence electrons. The summed E-state index contributed by atoms with van der Waals surface area (Å²) in [5.41, 5.74) is 38.6. The first kappa shape index (κ1) is 91.1. The molecule has 0 atom stereocenters. The van der Waals surface area contributed by atoms with Gasteiger partial charge in [-0.1, -0.05) is 461 Å². The smallest absolute Gasteiger partial charge is 0.160 e. The molecule has 0 N–H and O–H groups in total. The summed E-state index contributed by atoms with van der Waals surface area (Å²) >= 11 is 0. The van der Waals surface area contributed by atoms with Gasteiger partial charge in [0.25, 0.3) is 0 Å². The van der Waals surface area contributed by atoms with Crippen molar-refractivity contribution >= 4 is 65.0 Å². The predicted molar refractivity (Wildman–Crippen MR) is 622 cm³/mol. The molecule has 0 saturated carbocycles. The summed E-state index contributed by atoms with van der Waals surface area (Å²) in [4.78, 5) is 44.2. The van der Waals surface area contributed by atoms with E-state index in [4.69, 9.17) is 29.9 Å². The fraction of sp³-hybridized carbons (Fsp3) is 0. The topological polar surface area (TPSA) is 116 Å². The Hall–Kier alpha value is -20.1. The van der Waals surface area contributed by atoms with Gasteiger partial charge >= 0.3 is 0 Å². The third kappa shape index (κ3) is 19.4. The van der Waals surface area contributed by atoms with E-state index in [-0.39, 0.29) is 0 Å². The second-order valence-corrected chi connectivity index (χ2v) is 37.5. The van der Waals surface area contributed by atoms with Crippen molar-refractivity contribution in [3.63, 3.8) is 0 Å². The summed E-state index contributed by atoms with van der Waals surface area (Å²) in [5, 5.41) is 10.7. The van der Waals surface area contributed by atoms with Crippen LogP contribution in [0.15, 0.2) is 565 Å². The van der Waals surface area contributed by atoms with Crippen LogP contribution < -0.4 is 0 Å². The van der Waals surface area contributed by atoms with E-state index in [1.54, 1.807) is 0 Å². The number of aromatic nitrogens is 9. The lowest BCUT2D eigenvalue weighted by Crippen LogP contribution is -1.96. The molecular weight excluding hydrogens is 1820 g/mol. The Balaban J connectivity index is 0.000000116. The van der Waals surface area contributed by atoms with Gasteiger partial charge in [-0.3, -0.25) is 15.0 Å².